The molecule has 0 bridgehead atoms. The summed E-state index contributed by atoms with van der Waals surface area (Å²) in [5.74, 6) is 0.798. The summed E-state index contributed by atoms with van der Waals surface area (Å²) in [5, 5.41) is 7.00. The summed E-state index contributed by atoms with van der Waals surface area (Å²) in [4.78, 5) is 2.57. The summed E-state index contributed by atoms with van der Waals surface area (Å²) >= 11 is 0. The summed E-state index contributed by atoms with van der Waals surface area (Å²) < 4.78 is 15.5. The summed E-state index contributed by atoms with van der Waals surface area (Å²) in [6, 6.07) is 0. The molecule has 1 unspecified atom stereocenters. The normalized spacial score (nSPS) is 12.4. The largest absolute Gasteiger partial charge is 0.498 e. The van der Waals surface area contributed by atoms with Gasteiger partial charge in [0.2, 0.25) is 0 Å². The SMILES string of the molecule is C=C/C=C(\C=C(\OC)C(C)OC)CCOC.CCCCCCCCN(CC)CCC.CO. The van der Waals surface area contributed by atoms with Gasteiger partial charge in [-0.2, -0.15) is 0 Å². The van der Waals surface area contributed by atoms with Crippen molar-refractivity contribution >= 4 is 0 Å². The Hall–Kier alpha value is -1.14. The van der Waals surface area contributed by atoms with Crippen molar-refractivity contribution in [2.75, 3.05) is 54.7 Å². The first kappa shape index (κ1) is 35.4. The number of methoxy groups -OCH3 is 3. The van der Waals surface area contributed by atoms with Crippen molar-refractivity contribution < 1.29 is 19.3 Å². The maximum atomic E-state index is 7.00. The van der Waals surface area contributed by atoms with E-state index >= 15 is 0 Å². The first-order valence-electron chi connectivity index (χ1n) is 12.3. The van der Waals surface area contributed by atoms with Gasteiger partial charge in [0.05, 0.1) is 13.7 Å². The number of nitrogens with zero attached hydrogens (tertiary/aromatic N) is 1. The van der Waals surface area contributed by atoms with Gasteiger partial charge in [-0.3, -0.25) is 0 Å². The number of hydrogen-bond donors (Lipinski definition) is 1. The fourth-order valence-corrected chi connectivity index (χ4v) is 3.08. The molecule has 0 spiro atoms. The van der Waals surface area contributed by atoms with Crippen LogP contribution < -0.4 is 0 Å². The minimum absolute atomic E-state index is 0.0549. The molecule has 0 aromatic carbocycles. The zero-order valence-corrected chi connectivity index (χ0v) is 22.6. The Morgan fingerprint density at radius 3 is 2.03 bits per heavy atom. The number of aliphatic hydroxyl groups excluding tert-OH is 1. The molecular formula is C27H55NO4. The van der Waals surface area contributed by atoms with Crippen LogP contribution in [0, 0.1) is 0 Å². The standard InChI is InChI=1S/C13H29N.C13H22O3.CH4O/c1-4-7-8-9-10-11-13-14(6-3)12-5-2;1-6-7-12(8-9-14-3)10-13(16-5)11(2)15-4;1-2/h4-13H2,1-3H3;6-7,10-11H,1,8-9H2,2-5H3;2H,1H3/b;12-7-,13-10+;. The van der Waals surface area contributed by atoms with Gasteiger partial charge in [0, 0.05) is 21.3 Å². The molecule has 5 heteroatoms. The first-order chi connectivity index (χ1) is 15.5. The van der Waals surface area contributed by atoms with Gasteiger partial charge in [-0.15, -0.1) is 0 Å². The number of hydrogen-bond acceptors (Lipinski definition) is 5. The van der Waals surface area contributed by atoms with Crippen molar-refractivity contribution in [3.63, 3.8) is 0 Å². The first-order valence-corrected chi connectivity index (χ1v) is 12.3. The number of rotatable bonds is 18. The van der Waals surface area contributed by atoms with Crippen molar-refractivity contribution in [3.8, 4) is 0 Å². The van der Waals surface area contributed by atoms with Crippen LogP contribution in [0.15, 0.2) is 36.1 Å². The predicted molar refractivity (Wildman–Crippen MR) is 140 cm³/mol. The van der Waals surface area contributed by atoms with Crippen molar-refractivity contribution in [1.82, 2.24) is 4.90 Å². The molecule has 0 aromatic rings. The molecule has 0 heterocycles. The zero-order chi connectivity index (χ0) is 25.0. The maximum absolute atomic E-state index is 7.00. The number of allylic oxidation sites excluding steroid dienone is 3. The number of unbranched alkanes of at least 4 members (excludes halogenated alkanes) is 5. The van der Waals surface area contributed by atoms with Gasteiger partial charge in [0.15, 0.2) is 0 Å². The summed E-state index contributed by atoms with van der Waals surface area (Å²) in [6.07, 6.45) is 16.2. The molecule has 0 aliphatic rings. The molecular weight excluding hydrogens is 402 g/mol. The van der Waals surface area contributed by atoms with E-state index in [1.807, 2.05) is 19.1 Å². The van der Waals surface area contributed by atoms with E-state index in [0.29, 0.717) is 6.61 Å². The third-order valence-corrected chi connectivity index (χ3v) is 5.06. The molecule has 0 saturated carbocycles. The second kappa shape index (κ2) is 29.9. The molecule has 0 aromatic heterocycles. The third-order valence-electron chi connectivity index (χ3n) is 5.06. The molecule has 0 saturated heterocycles. The van der Waals surface area contributed by atoms with Crippen LogP contribution >= 0.6 is 0 Å². The van der Waals surface area contributed by atoms with Crippen LogP contribution in [0.5, 0.6) is 0 Å². The highest BCUT2D eigenvalue weighted by Gasteiger charge is 2.08. The van der Waals surface area contributed by atoms with Crippen molar-refractivity contribution in [1.29, 1.82) is 0 Å². The number of aliphatic hydroxyl groups is 1. The van der Waals surface area contributed by atoms with Gasteiger partial charge in [0.1, 0.15) is 11.9 Å². The van der Waals surface area contributed by atoms with Crippen molar-refractivity contribution in [3.05, 3.63) is 36.1 Å². The van der Waals surface area contributed by atoms with Gasteiger partial charge in [-0.25, -0.2) is 0 Å². The lowest BCUT2D eigenvalue weighted by Gasteiger charge is -2.19. The van der Waals surface area contributed by atoms with Gasteiger partial charge in [-0.1, -0.05) is 71.6 Å². The average Bonchev–Trinajstić information content (AvgIpc) is 2.83. The Kier molecular flexibility index (Phi) is 33.1. The Balaban J connectivity index is -0.000000491. The molecule has 1 atom stereocenters. The Morgan fingerprint density at radius 1 is 0.938 bits per heavy atom. The Bertz CT molecular complexity index is 435. The van der Waals surface area contributed by atoms with Gasteiger partial charge >= 0.3 is 0 Å². The monoisotopic (exact) mass is 457 g/mol. The van der Waals surface area contributed by atoms with Crippen LogP contribution in [0.25, 0.3) is 0 Å². The second-order valence-electron chi connectivity index (χ2n) is 7.55. The van der Waals surface area contributed by atoms with E-state index in [0.717, 1.165) is 24.9 Å². The zero-order valence-electron chi connectivity index (χ0n) is 22.6. The number of ether oxygens (including phenoxy) is 3. The lowest BCUT2D eigenvalue weighted by molar-refractivity contribution is 0.0914. The van der Waals surface area contributed by atoms with E-state index in [9.17, 15) is 0 Å². The van der Waals surface area contributed by atoms with Crippen LogP contribution in [-0.4, -0.2) is 70.8 Å². The van der Waals surface area contributed by atoms with E-state index in [4.69, 9.17) is 19.3 Å². The van der Waals surface area contributed by atoms with Gasteiger partial charge < -0.3 is 24.2 Å². The van der Waals surface area contributed by atoms with E-state index in [2.05, 4.69) is 32.3 Å². The van der Waals surface area contributed by atoms with Crippen molar-refractivity contribution in [2.45, 2.75) is 85.2 Å². The van der Waals surface area contributed by atoms with E-state index in [1.54, 1.807) is 27.4 Å². The quantitative estimate of drug-likeness (QED) is 0.147. The fourth-order valence-electron chi connectivity index (χ4n) is 3.08. The fraction of sp³-hybridized carbons (Fsp3) is 0.778. The second-order valence-corrected chi connectivity index (χ2v) is 7.55. The topological polar surface area (TPSA) is 51.2 Å². The summed E-state index contributed by atoms with van der Waals surface area (Å²) in [7, 11) is 5.98. The minimum atomic E-state index is -0.0549. The van der Waals surface area contributed by atoms with Gasteiger partial charge in [-0.05, 0) is 57.5 Å². The maximum Gasteiger partial charge on any atom is 0.124 e. The third kappa shape index (κ3) is 23.5. The molecule has 1 N–H and O–H groups in total. The highest BCUT2D eigenvalue weighted by molar-refractivity contribution is 5.26. The van der Waals surface area contributed by atoms with Crippen LogP contribution in [0.3, 0.4) is 0 Å². The highest BCUT2D eigenvalue weighted by atomic mass is 16.5. The van der Waals surface area contributed by atoms with Crippen molar-refractivity contribution in [2.24, 2.45) is 0 Å². The van der Waals surface area contributed by atoms with Crippen LogP contribution in [0.4, 0.5) is 0 Å². The molecule has 0 amide bonds. The van der Waals surface area contributed by atoms with Gasteiger partial charge in [0.25, 0.3) is 0 Å². The molecule has 5 nitrogen and oxygen atoms in total. The molecule has 0 rings (SSSR count). The van der Waals surface area contributed by atoms with E-state index in [-0.39, 0.29) is 6.10 Å². The average molecular weight is 458 g/mol. The van der Waals surface area contributed by atoms with Crippen LogP contribution in [-0.2, 0) is 14.2 Å². The summed E-state index contributed by atoms with van der Waals surface area (Å²) in [6.45, 7) is 16.9. The van der Waals surface area contributed by atoms with E-state index in [1.165, 1.54) is 64.6 Å². The van der Waals surface area contributed by atoms with E-state index < -0.39 is 0 Å². The molecule has 32 heavy (non-hydrogen) atoms. The smallest absolute Gasteiger partial charge is 0.124 e. The highest BCUT2D eigenvalue weighted by Crippen LogP contribution is 2.13. The summed E-state index contributed by atoms with van der Waals surface area (Å²) in [5.41, 5.74) is 1.11. The lowest BCUT2D eigenvalue weighted by atomic mass is 10.1. The Morgan fingerprint density at radius 2 is 1.56 bits per heavy atom. The van der Waals surface area contributed by atoms with Crippen LogP contribution in [0.2, 0.25) is 0 Å². The molecule has 0 aliphatic heterocycles. The Labute approximate surface area is 200 Å². The lowest BCUT2D eigenvalue weighted by Crippen LogP contribution is -2.25. The molecule has 0 aliphatic carbocycles. The predicted octanol–water partition coefficient (Wildman–Crippen LogP) is 6.39. The molecule has 192 valence electrons. The van der Waals surface area contributed by atoms with Crippen LogP contribution in [0.1, 0.15) is 79.1 Å². The molecule has 0 radical (unpaired) electrons. The molecule has 0 fully saturated rings. The minimum Gasteiger partial charge on any atom is -0.498 e.